The van der Waals surface area contributed by atoms with E-state index in [-0.39, 0.29) is 12.3 Å². The second kappa shape index (κ2) is 5.09. The van der Waals surface area contributed by atoms with Crippen molar-refractivity contribution in [3.8, 4) is 0 Å². The van der Waals surface area contributed by atoms with Crippen molar-refractivity contribution in [2.24, 2.45) is 5.92 Å². The third-order valence-electron chi connectivity index (χ3n) is 4.76. The fourth-order valence-electron chi connectivity index (χ4n) is 3.87. The minimum absolute atomic E-state index is 0.0846. The third kappa shape index (κ3) is 2.47. The van der Waals surface area contributed by atoms with E-state index in [4.69, 9.17) is 5.11 Å². The Labute approximate surface area is 112 Å². The van der Waals surface area contributed by atoms with Crippen molar-refractivity contribution in [1.29, 1.82) is 0 Å². The van der Waals surface area contributed by atoms with Gasteiger partial charge in [0.15, 0.2) is 0 Å². The lowest BCUT2D eigenvalue weighted by Gasteiger charge is -2.44. The highest BCUT2D eigenvalue weighted by Crippen LogP contribution is 2.32. The molecule has 0 spiro atoms. The number of rotatable bonds is 3. The van der Waals surface area contributed by atoms with Crippen molar-refractivity contribution in [3.05, 3.63) is 0 Å². The maximum absolute atomic E-state index is 12.0. The van der Waals surface area contributed by atoms with Gasteiger partial charge in [0.2, 0.25) is 5.91 Å². The quantitative estimate of drug-likeness (QED) is 0.711. The minimum Gasteiger partial charge on any atom is -0.481 e. The van der Waals surface area contributed by atoms with Crippen LogP contribution in [0.25, 0.3) is 0 Å². The van der Waals surface area contributed by atoms with Gasteiger partial charge in [-0.2, -0.15) is 0 Å². The Hall–Kier alpha value is -1.14. The summed E-state index contributed by atoms with van der Waals surface area (Å²) in [7, 11) is 0. The smallest absolute Gasteiger partial charge is 0.305 e. The van der Waals surface area contributed by atoms with Gasteiger partial charge in [-0.1, -0.05) is 0 Å². The molecule has 106 valence electrons. The Kier molecular flexibility index (Phi) is 3.45. The zero-order valence-corrected chi connectivity index (χ0v) is 11.0. The van der Waals surface area contributed by atoms with E-state index in [2.05, 4.69) is 15.1 Å². The monoisotopic (exact) mass is 267 g/mol. The summed E-state index contributed by atoms with van der Waals surface area (Å²) in [4.78, 5) is 27.6. The molecule has 3 aliphatic heterocycles. The maximum Gasteiger partial charge on any atom is 0.305 e. The molecule has 1 amide bonds. The van der Waals surface area contributed by atoms with Crippen LogP contribution in [0.2, 0.25) is 0 Å². The number of carboxylic acids is 1. The van der Waals surface area contributed by atoms with E-state index in [1.54, 1.807) is 0 Å². The first-order valence-corrected chi connectivity index (χ1v) is 7.13. The van der Waals surface area contributed by atoms with E-state index >= 15 is 0 Å². The predicted molar refractivity (Wildman–Crippen MR) is 68.7 cm³/mol. The van der Waals surface area contributed by atoms with Crippen molar-refractivity contribution in [1.82, 2.24) is 15.1 Å². The van der Waals surface area contributed by atoms with Gasteiger partial charge in [-0.25, -0.2) is 0 Å². The third-order valence-corrected chi connectivity index (χ3v) is 4.76. The number of fused-ring (bicyclic) bond motifs is 2. The number of nitrogens with one attached hydrogen (secondary N) is 1. The average Bonchev–Trinajstić information content (AvgIpc) is 2.74. The van der Waals surface area contributed by atoms with Gasteiger partial charge in [-0.05, 0) is 31.8 Å². The summed E-state index contributed by atoms with van der Waals surface area (Å²) in [6.45, 7) is 4.78. The molecule has 3 saturated heterocycles. The van der Waals surface area contributed by atoms with Gasteiger partial charge in [0.05, 0.1) is 12.5 Å². The summed E-state index contributed by atoms with van der Waals surface area (Å²) in [6.07, 6.45) is 2.16. The van der Waals surface area contributed by atoms with E-state index in [0.29, 0.717) is 18.5 Å². The van der Waals surface area contributed by atoms with Crippen LogP contribution in [0.4, 0.5) is 0 Å². The number of hydrogen-bond donors (Lipinski definition) is 2. The van der Waals surface area contributed by atoms with Gasteiger partial charge in [0, 0.05) is 25.7 Å². The molecule has 6 heteroatoms. The molecule has 2 bridgehead atoms. The number of amides is 1. The van der Waals surface area contributed by atoms with Crippen LogP contribution in [0.1, 0.15) is 19.3 Å². The molecule has 3 rings (SSSR count). The van der Waals surface area contributed by atoms with E-state index < -0.39 is 12.0 Å². The molecule has 3 aliphatic rings. The molecule has 0 aromatic rings. The largest absolute Gasteiger partial charge is 0.481 e. The Morgan fingerprint density at radius 1 is 1.32 bits per heavy atom. The van der Waals surface area contributed by atoms with E-state index in [1.807, 2.05) is 0 Å². The Balaban J connectivity index is 1.76. The van der Waals surface area contributed by atoms with Crippen molar-refractivity contribution in [2.45, 2.75) is 31.3 Å². The molecule has 0 radical (unpaired) electrons. The van der Waals surface area contributed by atoms with Crippen LogP contribution >= 0.6 is 0 Å². The first-order chi connectivity index (χ1) is 9.15. The van der Waals surface area contributed by atoms with Gasteiger partial charge in [-0.15, -0.1) is 0 Å². The van der Waals surface area contributed by atoms with Crippen molar-refractivity contribution < 1.29 is 14.7 Å². The summed E-state index contributed by atoms with van der Waals surface area (Å²) in [6, 6.07) is -0.0995. The highest BCUT2D eigenvalue weighted by atomic mass is 16.4. The van der Waals surface area contributed by atoms with Gasteiger partial charge >= 0.3 is 5.97 Å². The minimum atomic E-state index is -0.893. The van der Waals surface area contributed by atoms with Crippen molar-refractivity contribution in [2.75, 3.05) is 32.7 Å². The van der Waals surface area contributed by atoms with E-state index in [0.717, 1.165) is 32.6 Å². The maximum atomic E-state index is 12.0. The molecule has 0 saturated carbocycles. The summed E-state index contributed by atoms with van der Waals surface area (Å²) in [5.41, 5.74) is 0. The molecule has 4 unspecified atom stereocenters. The Morgan fingerprint density at radius 2 is 2.11 bits per heavy atom. The lowest BCUT2D eigenvalue weighted by atomic mass is 9.90. The second-order valence-electron chi connectivity index (χ2n) is 5.85. The van der Waals surface area contributed by atoms with Crippen molar-refractivity contribution >= 4 is 11.9 Å². The van der Waals surface area contributed by atoms with Crippen LogP contribution in [0.3, 0.4) is 0 Å². The molecule has 0 aliphatic carbocycles. The first kappa shape index (κ1) is 12.9. The van der Waals surface area contributed by atoms with Crippen LogP contribution in [-0.4, -0.2) is 71.6 Å². The molecule has 3 fully saturated rings. The lowest BCUT2D eigenvalue weighted by molar-refractivity contribution is -0.144. The number of piperidine rings is 1. The highest BCUT2D eigenvalue weighted by molar-refractivity contribution is 5.86. The number of carbonyl (C=O) groups excluding carboxylic acids is 1. The van der Waals surface area contributed by atoms with E-state index in [9.17, 15) is 9.59 Å². The molecule has 4 atom stereocenters. The topological polar surface area (TPSA) is 72.9 Å². The lowest BCUT2D eigenvalue weighted by Crippen LogP contribution is -2.61. The first-order valence-electron chi connectivity index (χ1n) is 7.13. The zero-order valence-electron chi connectivity index (χ0n) is 11.0. The molecule has 6 nitrogen and oxygen atoms in total. The number of aliphatic carboxylic acids is 1. The predicted octanol–water partition coefficient (Wildman–Crippen LogP) is -0.644. The standard InChI is InChI=1S/C13H21N3O3/c17-12(18)7-11-13(19)14-3-6-16(11)10-2-5-15-4-1-9(10)8-15/h9-11H,1-8H2,(H,14,19)(H,17,18). The highest BCUT2D eigenvalue weighted by Gasteiger charge is 2.43. The van der Waals surface area contributed by atoms with Gasteiger partial charge < -0.3 is 15.3 Å². The van der Waals surface area contributed by atoms with Gasteiger partial charge in [0.1, 0.15) is 0 Å². The number of piperazine rings is 1. The number of carbonyl (C=O) groups is 2. The van der Waals surface area contributed by atoms with Crippen LogP contribution in [0, 0.1) is 5.92 Å². The molecule has 0 aromatic heterocycles. The second-order valence-corrected chi connectivity index (χ2v) is 5.85. The summed E-state index contributed by atoms with van der Waals surface area (Å²) in [5.74, 6) is -0.402. The van der Waals surface area contributed by atoms with E-state index in [1.165, 1.54) is 6.42 Å². The number of nitrogens with zero attached hydrogens (tertiary/aromatic N) is 2. The number of hydrogen-bond acceptors (Lipinski definition) is 4. The summed E-state index contributed by atoms with van der Waals surface area (Å²) < 4.78 is 0. The number of carboxylic acid groups (broad SMARTS) is 1. The Morgan fingerprint density at radius 3 is 2.89 bits per heavy atom. The molecular formula is C13H21N3O3. The fourth-order valence-corrected chi connectivity index (χ4v) is 3.87. The van der Waals surface area contributed by atoms with Crippen molar-refractivity contribution in [3.63, 3.8) is 0 Å². The van der Waals surface area contributed by atoms with Crippen LogP contribution in [0.15, 0.2) is 0 Å². The fraction of sp³-hybridized carbons (Fsp3) is 0.846. The Bertz CT molecular complexity index is 387. The van der Waals surface area contributed by atoms with Gasteiger partial charge in [0.25, 0.3) is 0 Å². The average molecular weight is 267 g/mol. The van der Waals surface area contributed by atoms with Crippen LogP contribution in [-0.2, 0) is 9.59 Å². The normalized spacial score (nSPS) is 39.1. The molecule has 19 heavy (non-hydrogen) atoms. The van der Waals surface area contributed by atoms with Crippen LogP contribution < -0.4 is 5.32 Å². The van der Waals surface area contributed by atoms with Crippen LogP contribution in [0.5, 0.6) is 0 Å². The van der Waals surface area contributed by atoms with Gasteiger partial charge in [-0.3, -0.25) is 14.5 Å². The SMILES string of the molecule is O=C(O)CC1C(=O)NCCN1C1CCN2CCC1C2. The molecular weight excluding hydrogens is 246 g/mol. The summed E-state index contributed by atoms with van der Waals surface area (Å²) >= 11 is 0. The molecule has 2 N–H and O–H groups in total. The zero-order chi connectivity index (χ0) is 13.4. The molecule has 3 heterocycles. The molecule has 0 aromatic carbocycles. The summed E-state index contributed by atoms with van der Waals surface area (Å²) in [5, 5.41) is 11.8.